The van der Waals surface area contributed by atoms with Crippen LogP contribution in [-0.4, -0.2) is 44.5 Å². The predicted octanol–water partition coefficient (Wildman–Crippen LogP) is 2.77. The molecule has 0 saturated carbocycles. The van der Waals surface area contributed by atoms with E-state index in [9.17, 15) is 14.4 Å². The van der Waals surface area contributed by atoms with Crippen molar-refractivity contribution in [2.75, 3.05) is 42.8 Å². The fourth-order valence-corrected chi connectivity index (χ4v) is 2.63. The molecule has 0 unspecified atom stereocenters. The molecule has 2 aromatic rings. The largest absolute Gasteiger partial charge is 0.383 e. The van der Waals surface area contributed by atoms with Crippen LogP contribution < -0.4 is 21.3 Å². The van der Waals surface area contributed by atoms with Crippen LogP contribution in [0.1, 0.15) is 29.3 Å². The minimum atomic E-state index is -0.224. The first kappa shape index (κ1) is 22.9. The van der Waals surface area contributed by atoms with E-state index in [1.54, 1.807) is 56.5 Å². The normalized spacial score (nSPS) is 10.2. The number of carbonyl (C=O) groups is 3. The number of amides is 3. The molecule has 0 aliphatic heterocycles. The molecule has 3 amide bonds. The smallest absolute Gasteiger partial charge is 0.251 e. The maximum absolute atomic E-state index is 12.3. The summed E-state index contributed by atoms with van der Waals surface area (Å²) in [5, 5.41) is 11.4. The van der Waals surface area contributed by atoms with E-state index in [4.69, 9.17) is 4.74 Å². The maximum atomic E-state index is 12.3. The molecule has 0 fully saturated rings. The summed E-state index contributed by atoms with van der Waals surface area (Å²) in [5.74, 6) is -0.487. The van der Waals surface area contributed by atoms with Crippen molar-refractivity contribution in [1.29, 1.82) is 0 Å². The van der Waals surface area contributed by atoms with E-state index in [-0.39, 0.29) is 24.3 Å². The molecule has 0 aliphatic rings. The lowest BCUT2D eigenvalue weighted by Crippen LogP contribution is -2.26. The van der Waals surface area contributed by atoms with Crippen LogP contribution >= 0.6 is 0 Å². The fourth-order valence-electron chi connectivity index (χ4n) is 2.63. The quantitative estimate of drug-likeness (QED) is 0.449. The van der Waals surface area contributed by atoms with Crippen LogP contribution in [0.2, 0.25) is 0 Å². The number of nitrogens with one attached hydrogen (secondary N) is 4. The van der Waals surface area contributed by atoms with Crippen LogP contribution in [0.25, 0.3) is 0 Å². The Bertz CT molecular complexity index is 881. The average Bonchev–Trinajstić information content (AvgIpc) is 2.75. The zero-order chi connectivity index (χ0) is 21.9. The number of rotatable bonds is 10. The number of hydrogen-bond acceptors (Lipinski definition) is 5. The van der Waals surface area contributed by atoms with Gasteiger partial charge in [0.25, 0.3) is 5.91 Å². The van der Waals surface area contributed by atoms with E-state index in [1.165, 1.54) is 0 Å². The second-order valence-corrected chi connectivity index (χ2v) is 6.61. The van der Waals surface area contributed by atoms with Gasteiger partial charge in [-0.05, 0) is 48.9 Å². The Balaban J connectivity index is 1.88. The van der Waals surface area contributed by atoms with E-state index in [1.807, 2.05) is 6.92 Å². The number of hydrogen-bond donors (Lipinski definition) is 4. The molecule has 2 aromatic carbocycles. The lowest BCUT2D eigenvalue weighted by molar-refractivity contribution is -0.116. The van der Waals surface area contributed by atoms with Crippen molar-refractivity contribution in [2.45, 2.75) is 20.3 Å². The lowest BCUT2D eigenvalue weighted by atomic mass is 10.1. The van der Waals surface area contributed by atoms with E-state index in [0.29, 0.717) is 36.5 Å². The van der Waals surface area contributed by atoms with Gasteiger partial charge in [-0.2, -0.15) is 0 Å². The number of anilines is 3. The molecular weight excluding hydrogens is 384 g/mol. The standard InChI is InChI=1S/C22H28N4O4/c1-4-20(27)25-18-6-5-7-19(15(18)2)26-21(28)14-24-17-10-8-16(9-11-17)22(29)23-12-13-30-3/h5-11,24H,4,12-14H2,1-3H3,(H,23,29)(H,25,27)(H,26,28). The molecule has 0 aliphatic carbocycles. The van der Waals surface area contributed by atoms with Crippen LogP contribution in [0.5, 0.6) is 0 Å². The first-order valence-corrected chi connectivity index (χ1v) is 9.75. The Morgan fingerprint density at radius 3 is 2.17 bits per heavy atom. The summed E-state index contributed by atoms with van der Waals surface area (Å²) < 4.78 is 4.90. The maximum Gasteiger partial charge on any atom is 0.251 e. The van der Waals surface area contributed by atoms with Gasteiger partial charge in [-0.3, -0.25) is 14.4 Å². The van der Waals surface area contributed by atoms with Gasteiger partial charge < -0.3 is 26.0 Å². The van der Waals surface area contributed by atoms with Gasteiger partial charge in [0, 0.05) is 42.7 Å². The molecule has 0 radical (unpaired) electrons. The molecule has 0 atom stereocenters. The molecular formula is C22H28N4O4. The van der Waals surface area contributed by atoms with Crippen molar-refractivity contribution >= 4 is 34.8 Å². The summed E-state index contributed by atoms with van der Waals surface area (Å²) in [6, 6.07) is 12.2. The van der Waals surface area contributed by atoms with Crippen molar-refractivity contribution in [1.82, 2.24) is 5.32 Å². The van der Waals surface area contributed by atoms with Crippen LogP contribution in [0.15, 0.2) is 42.5 Å². The van der Waals surface area contributed by atoms with E-state index >= 15 is 0 Å². The van der Waals surface area contributed by atoms with Gasteiger partial charge in [-0.15, -0.1) is 0 Å². The summed E-state index contributed by atoms with van der Waals surface area (Å²) in [7, 11) is 1.57. The summed E-state index contributed by atoms with van der Waals surface area (Å²) in [6.07, 6.45) is 0.382. The van der Waals surface area contributed by atoms with Crippen LogP contribution in [-0.2, 0) is 14.3 Å². The van der Waals surface area contributed by atoms with Gasteiger partial charge in [0.1, 0.15) is 0 Å². The van der Waals surface area contributed by atoms with Crippen LogP contribution in [0.4, 0.5) is 17.1 Å². The predicted molar refractivity (Wildman–Crippen MR) is 118 cm³/mol. The van der Waals surface area contributed by atoms with Gasteiger partial charge in [0.05, 0.1) is 13.2 Å². The molecule has 0 bridgehead atoms. The Kier molecular flexibility index (Phi) is 8.83. The molecule has 0 heterocycles. The molecule has 30 heavy (non-hydrogen) atoms. The third-order valence-corrected chi connectivity index (χ3v) is 4.39. The summed E-state index contributed by atoms with van der Waals surface area (Å²) in [6.45, 7) is 4.57. The van der Waals surface area contributed by atoms with Crippen molar-refractivity contribution in [3.8, 4) is 0 Å². The van der Waals surface area contributed by atoms with Gasteiger partial charge in [-0.1, -0.05) is 13.0 Å². The van der Waals surface area contributed by atoms with Gasteiger partial charge in [0.2, 0.25) is 11.8 Å². The number of carbonyl (C=O) groups excluding carboxylic acids is 3. The highest BCUT2D eigenvalue weighted by atomic mass is 16.5. The highest BCUT2D eigenvalue weighted by molar-refractivity contribution is 5.97. The van der Waals surface area contributed by atoms with Crippen molar-refractivity contribution < 1.29 is 19.1 Å². The third-order valence-electron chi connectivity index (χ3n) is 4.39. The number of methoxy groups -OCH3 is 1. The zero-order valence-corrected chi connectivity index (χ0v) is 17.5. The molecule has 0 aromatic heterocycles. The summed E-state index contributed by atoms with van der Waals surface area (Å²) in [5.41, 5.74) is 3.35. The summed E-state index contributed by atoms with van der Waals surface area (Å²) in [4.78, 5) is 35.9. The van der Waals surface area contributed by atoms with Crippen LogP contribution in [0.3, 0.4) is 0 Å². The second-order valence-electron chi connectivity index (χ2n) is 6.61. The van der Waals surface area contributed by atoms with Crippen molar-refractivity contribution in [3.05, 3.63) is 53.6 Å². The highest BCUT2D eigenvalue weighted by Gasteiger charge is 2.10. The first-order chi connectivity index (χ1) is 14.4. The van der Waals surface area contributed by atoms with E-state index in [0.717, 1.165) is 11.3 Å². The Morgan fingerprint density at radius 2 is 1.57 bits per heavy atom. The number of benzene rings is 2. The minimum Gasteiger partial charge on any atom is -0.383 e. The average molecular weight is 412 g/mol. The molecule has 4 N–H and O–H groups in total. The van der Waals surface area contributed by atoms with E-state index in [2.05, 4.69) is 21.3 Å². The lowest BCUT2D eigenvalue weighted by Gasteiger charge is -2.14. The van der Waals surface area contributed by atoms with E-state index < -0.39 is 0 Å². The zero-order valence-electron chi connectivity index (χ0n) is 17.5. The fraction of sp³-hybridized carbons (Fsp3) is 0.318. The number of ether oxygens (including phenoxy) is 1. The molecule has 8 nitrogen and oxygen atoms in total. The Morgan fingerprint density at radius 1 is 0.933 bits per heavy atom. The Labute approximate surface area is 176 Å². The van der Waals surface area contributed by atoms with Gasteiger partial charge in [-0.25, -0.2) is 0 Å². The SMILES string of the molecule is CCC(=O)Nc1cccc(NC(=O)CNc2ccc(C(=O)NCCOC)cc2)c1C. The van der Waals surface area contributed by atoms with Crippen molar-refractivity contribution in [3.63, 3.8) is 0 Å². The Hall–Kier alpha value is -3.39. The van der Waals surface area contributed by atoms with Crippen molar-refractivity contribution in [2.24, 2.45) is 0 Å². The van der Waals surface area contributed by atoms with Gasteiger partial charge >= 0.3 is 0 Å². The van der Waals surface area contributed by atoms with Gasteiger partial charge in [0.15, 0.2) is 0 Å². The molecule has 0 spiro atoms. The first-order valence-electron chi connectivity index (χ1n) is 9.75. The third kappa shape index (κ3) is 6.89. The molecule has 160 valence electrons. The molecule has 8 heteroatoms. The summed E-state index contributed by atoms with van der Waals surface area (Å²) >= 11 is 0. The highest BCUT2D eigenvalue weighted by Crippen LogP contribution is 2.23. The minimum absolute atomic E-state index is 0.0599. The monoisotopic (exact) mass is 412 g/mol. The topological polar surface area (TPSA) is 109 Å². The van der Waals surface area contributed by atoms with Crippen LogP contribution in [0, 0.1) is 6.92 Å². The molecule has 2 rings (SSSR count). The molecule has 0 saturated heterocycles. The second kappa shape index (κ2) is 11.6.